The smallest absolute Gasteiger partial charge is 0.253 e. The van der Waals surface area contributed by atoms with E-state index in [1.807, 2.05) is 65.2 Å². The molecule has 2 aromatic heterocycles. The van der Waals surface area contributed by atoms with Crippen LogP contribution in [-0.4, -0.2) is 95.5 Å². The average Bonchev–Trinajstić information content (AvgIpc) is 3.39. The molecular weight excluding hydrogens is 566 g/mol. The van der Waals surface area contributed by atoms with Gasteiger partial charge in [0, 0.05) is 43.7 Å². The SMILES string of the molecule is CCOc1cccc(Cn2ncc3c(N4CCN(C(=O)c5ccc(OCC(C)(C)CN(C)C)cc5)CC4)ncnc32)c1.Cl. The fraction of sp³-hybridized carbons (Fsp3) is 0.438. The summed E-state index contributed by atoms with van der Waals surface area (Å²) in [6.07, 6.45) is 3.43. The third kappa shape index (κ3) is 7.94. The fourth-order valence-corrected chi connectivity index (χ4v) is 5.50. The number of nitrogens with zero attached hydrogens (tertiary/aromatic N) is 7. The van der Waals surface area contributed by atoms with E-state index in [1.165, 1.54) is 0 Å². The number of aromatic nitrogens is 4. The van der Waals surface area contributed by atoms with Gasteiger partial charge < -0.3 is 24.2 Å². The Bertz CT molecular complexity index is 1500. The molecule has 2 aromatic carbocycles. The monoisotopic (exact) mass is 607 g/mol. The van der Waals surface area contributed by atoms with Crippen LogP contribution in [0.25, 0.3) is 11.0 Å². The molecule has 0 atom stereocenters. The van der Waals surface area contributed by atoms with Crippen LogP contribution in [0.1, 0.15) is 36.7 Å². The van der Waals surface area contributed by atoms with E-state index in [-0.39, 0.29) is 23.7 Å². The second-order valence-corrected chi connectivity index (χ2v) is 11.8. The van der Waals surface area contributed by atoms with Crippen LogP contribution >= 0.6 is 12.4 Å². The summed E-state index contributed by atoms with van der Waals surface area (Å²) in [6, 6.07) is 15.5. The van der Waals surface area contributed by atoms with Crippen molar-refractivity contribution in [1.82, 2.24) is 29.5 Å². The summed E-state index contributed by atoms with van der Waals surface area (Å²) in [5.41, 5.74) is 2.57. The molecule has 0 saturated carbocycles. The van der Waals surface area contributed by atoms with Crippen LogP contribution in [0.4, 0.5) is 5.82 Å². The molecule has 1 saturated heterocycles. The largest absolute Gasteiger partial charge is 0.494 e. The fourth-order valence-electron chi connectivity index (χ4n) is 5.50. The molecule has 0 spiro atoms. The second kappa shape index (κ2) is 14.1. The number of hydrogen-bond donors (Lipinski definition) is 0. The highest BCUT2D eigenvalue weighted by molar-refractivity contribution is 5.94. The molecule has 11 heteroatoms. The highest BCUT2D eigenvalue weighted by atomic mass is 35.5. The van der Waals surface area contributed by atoms with Crippen LogP contribution in [0.2, 0.25) is 0 Å². The van der Waals surface area contributed by atoms with Gasteiger partial charge in [0.05, 0.1) is 31.3 Å². The van der Waals surface area contributed by atoms with Gasteiger partial charge in [-0.15, -0.1) is 12.4 Å². The number of fused-ring (bicyclic) bond motifs is 1. The second-order valence-electron chi connectivity index (χ2n) is 11.8. The van der Waals surface area contributed by atoms with E-state index >= 15 is 0 Å². The summed E-state index contributed by atoms with van der Waals surface area (Å²) in [4.78, 5) is 28.7. The third-order valence-corrected chi connectivity index (χ3v) is 7.30. The van der Waals surface area contributed by atoms with Gasteiger partial charge in [0.2, 0.25) is 0 Å². The molecule has 1 fully saturated rings. The molecule has 0 unspecified atom stereocenters. The minimum Gasteiger partial charge on any atom is -0.494 e. The number of ether oxygens (including phenoxy) is 2. The van der Waals surface area contributed by atoms with Crippen LogP contribution in [0, 0.1) is 5.41 Å². The van der Waals surface area contributed by atoms with Gasteiger partial charge in [-0.25, -0.2) is 14.6 Å². The highest BCUT2D eigenvalue weighted by Gasteiger charge is 2.25. The number of benzene rings is 2. The van der Waals surface area contributed by atoms with Crippen molar-refractivity contribution in [2.75, 3.05) is 64.9 Å². The topological polar surface area (TPSA) is 88.9 Å². The van der Waals surface area contributed by atoms with E-state index in [9.17, 15) is 4.79 Å². The molecule has 1 aliphatic heterocycles. The van der Waals surface area contributed by atoms with Crippen molar-refractivity contribution in [3.63, 3.8) is 0 Å². The molecule has 10 nitrogen and oxygen atoms in total. The average molecular weight is 608 g/mol. The Hall–Kier alpha value is -3.89. The minimum absolute atomic E-state index is 0. The summed E-state index contributed by atoms with van der Waals surface area (Å²) in [7, 11) is 4.13. The van der Waals surface area contributed by atoms with E-state index in [2.05, 4.69) is 58.9 Å². The van der Waals surface area contributed by atoms with Gasteiger partial charge in [-0.3, -0.25) is 4.79 Å². The van der Waals surface area contributed by atoms with E-state index < -0.39 is 0 Å². The molecule has 1 amide bonds. The molecule has 0 N–H and O–H groups in total. The number of piperazine rings is 1. The maximum atomic E-state index is 13.3. The van der Waals surface area contributed by atoms with E-state index in [1.54, 1.807) is 6.33 Å². The van der Waals surface area contributed by atoms with E-state index in [0.29, 0.717) is 51.5 Å². The Morgan fingerprint density at radius 1 is 0.977 bits per heavy atom. The van der Waals surface area contributed by atoms with Crippen LogP contribution in [0.5, 0.6) is 11.5 Å². The van der Waals surface area contributed by atoms with E-state index in [0.717, 1.165) is 40.5 Å². The number of carbonyl (C=O) groups is 1. The molecule has 3 heterocycles. The first-order valence-corrected chi connectivity index (χ1v) is 14.5. The number of hydrogen-bond acceptors (Lipinski definition) is 8. The molecule has 1 aliphatic rings. The summed E-state index contributed by atoms with van der Waals surface area (Å²) in [6.45, 7) is 11.7. The first-order chi connectivity index (χ1) is 20.2. The lowest BCUT2D eigenvalue weighted by molar-refractivity contribution is 0.0746. The van der Waals surface area contributed by atoms with Gasteiger partial charge in [-0.2, -0.15) is 5.10 Å². The zero-order chi connectivity index (χ0) is 29.7. The Morgan fingerprint density at radius 2 is 1.72 bits per heavy atom. The molecule has 0 bridgehead atoms. The van der Waals surface area contributed by atoms with Crippen LogP contribution in [0.3, 0.4) is 0 Å². The Morgan fingerprint density at radius 3 is 2.42 bits per heavy atom. The lowest BCUT2D eigenvalue weighted by atomic mass is 9.94. The predicted molar refractivity (Wildman–Crippen MR) is 172 cm³/mol. The summed E-state index contributed by atoms with van der Waals surface area (Å²) in [5.74, 6) is 2.50. The summed E-state index contributed by atoms with van der Waals surface area (Å²) >= 11 is 0. The zero-order valence-electron chi connectivity index (χ0n) is 25.7. The van der Waals surface area contributed by atoms with Gasteiger partial charge in [0.15, 0.2) is 5.65 Å². The molecule has 0 radical (unpaired) electrons. The number of halogens is 1. The van der Waals surface area contributed by atoms with Crippen molar-refractivity contribution < 1.29 is 14.3 Å². The van der Waals surface area contributed by atoms with Gasteiger partial charge in [0.25, 0.3) is 5.91 Å². The standard InChI is InChI=1S/C32H41N7O3.ClH/c1-6-41-27-9-7-8-24(18-27)20-39-30-28(19-35-39)29(33-23-34-30)37-14-16-38(17-15-37)31(40)25-10-12-26(13-11-25)42-22-32(2,3)21-36(4)5;/h7-13,18-19,23H,6,14-17,20-22H2,1-5H3;1H. The van der Waals surface area contributed by atoms with Crippen molar-refractivity contribution in [2.24, 2.45) is 5.41 Å². The highest BCUT2D eigenvalue weighted by Crippen LogP contribution is 2.26. The lowest BCUT2D eigenvalue weighted by Gasteiger charge is -2.35. The first kappa shape index (κ1) is 32.0. The molecule has 0 aliphatic carbocycles. The molecule has 230 valence electrons. The number of anilines is 1. The summed E-state index contributed by atoms with van der Waals surface area (Å²) in [5, 5.41) is 5.53. The molecular formula is C32H42ClN7O3. The van der Waals surface area contributed by atoms with Crippen molar-refractivity contribution in [1.29, 1.82) is 0 Å². The van der Waals surface area contributed by atoms with Crippen molar-refractivity contribution >= 4 is 35.2 Å². The Labute approximate surface area is 260 Å². The first-order valence-electron chi connectivity index (χ1n) is 14.5. The molecule has 5 rings (SSSR count). The van der Waals surface area contributed by atoms with Crippen LogP contribution in [-0.2, 0) is 6.54 Å². The molecule has 43 heavy (non-hydrogen) atoms. The normalized spacial score (nSPS) is 13.7. The Balaban J connectivity index is 0.00000423. The van der Waals surface area contributed by atoms with Gasteiger partial charge >= 0.3 is 0 Å². The van der Waals surface area contributed by atoms with Crippen LogP contribution in [0.15, 0.2) is 61.1 Å². The summed E-state index contributed by atoms with van der Waals surface area (Å²) < 4.78 is 13.6. The number of rotatable bonds is 11. The van der Waals surface area contributed by atoms with Gasteiger partial charge in [-0.05, 0) is 63.0 Å². The van der Waals surface area contributed by atoms with Crippen molar-refractivity contribution in [3.8, 4) is 11.5 Å². The lowest BCUT2D eigenvalue weighted by Crippen LogP contribution is -2.49. The van der Waals surface area contributed by atoms with E-state index in [4.69, 9.17) is 9.47 Å². The number of carbonyl (C=O) groups excluding carboxylic acids is 1. The minimum atomic E-state index is 0. The Kier molecular flexibility index (Phi) is 10.5. The third-order valence-electron chi connectivity index (χ3n) is 7.30. The van der Waals surface area contributed by atoms with Gasteiger partial charge in [-0.1, -0.05) is 26.0 Å². The quantitative estimate of drug-likeness (QED) is 0.244. The predicted octanol–water partition coefficient (Wildman–Crippen LogP) is 4.62. The van der Waals surface area contributed by atoms with Gasteiger partial charge in [0.1, 0.15) is 23.6 Å². The zero-order valence-corrected chi connectivity index (χ0v) is 26.5. The van der Waals surface area contributed by atoms with Crippen molar-refractivity contribution in [2.45, 2.75) is 27.3 Å². The number of amides is 1. The van der Waals surface area contributed by atoms with Crippen LogP contribution < -0.4 is 14.4 Å². The molecule has 4 aromatic rings. The maximum Gasteiger partial charge on any atom is 0.253 e. The van der Waals surface area contributed by atoms with Crippen molar-refractivity contribution in [3.05, 3.63) is 72.2 Å². The maximum absolute atomic E-state index is 13.3.